The summed E-state index contributed by atoms with van der Waals surface area (Å²) < 4.78 is 13.0. The predicted molar refractivity (Wildman–Crippen MR) is 335 cm³/mol. The molecule has 2 aliphatic carbocycles. The second-order valence-corrected chi connectivity index (χ2v) is 27.9. The van der Waals surface area contributed by atoms with Gasteiger partial charge in [-0.05, 0) is 186 Å². The fourth-order valence-electron chi connectivity index (χ4n) is 15.7. The van der Waals surface area contributed by atoms with Crippen molar-refractivity contribution in [3.05, 3.63) is 253 Å². The van der Waals surface area contributed by atoms with Crippen molar-refractivity contribution in [2.75, 3.05) is 16.1 Å². The molecule has 4 nitrogen and oxygen atoms in total. The maximum absolute atomic E-state index is 6.64. The molecule has 2 atom stereocenters. The number of hydrogen-bond donors (Lipinski definition) is 0. The molecule has 0 N–H and O–H groups in total. The van der Waals surface area contributed by atoms with Gasteiger partial charge in [0.1, 0.15) is 23.0 Å². The Kier molecular flexibility index (Phi) is 8.98. The topological polar surface area (TPSA) is 24.9 Å². The van der Waals surface area contributed by atoms with Crippen LogP contribution < -0.4 is 52.1 Å². The van der Waals surface area contributed by atoms with Crippen molar-refractivity contribution in [1.29, 1.82) is 0 Å². The standard InChI is InChI=1S/C72H50B2N2O2S2/c1-71(2)53-37-47(77-45-25-13-7-14-26-45)33-35-49(53)51-39-61-67-69(65(51)71)79-63-31-19-17-29-55(63)73(67)57-41-58-60(42-59(57)75(61)43-21-9-5-10-22-43)76(44-23-11-6-12-24-44)62-40-52-50-36-34-48(78-46-27-15-8-16-28-46)38-54(50)72(3)66(52)70-68(62)74(58)56-30-18-20-32-64(56)80(70,72)4/h5-42H,1-4H3. The Morgan fingerprint density at radius 3 is 1.54 bits per heavy atom. The van der Waals surface area contributed by atoms with Gasteiger partial charge in [-0.15, -0.1) is 0 Å². The maximum Gasteiger partial charge on any atom is 0.249 e. The van der Waals surface area contributed by atoms with Crippen molar-refractivity contribution in [1.82, 2.24) is 0 Å². The Hall–Kier alpha value is -8.55. The third-order valence-corrected chi connectivity index (χ3v) is 24.9. The smallest absolute Gasteiger partial charge is 0.249 e. The van der Waals surface area contributed by atoms with Crippen LogP contribution in [0.3, 0.4) is 0 Å². The molecule has 0 fully saturated rings. The Bertz CT molecular complexity index is 4550. The van der Waals surface area contributed by atoms with E-state index in [-0.39, 0.29) is 23.6 Å². The number of nitrogens with zero attached hydrogens (tertiary/aromatic N) is 2. The summed E-state index contributed by atoms with van der Waals surface area (Å²) in [4.78, 5) is 11.0. The zero-order valence-electron chi connectivity index (χ0n) is 44.6. The van der Waals surface area contributed by atoms with Crippen molar-refractivity contribution >= 4 is 102 Å². The molecule has 5 heterocycles. The summed E-state index contributed by atoms with van der Waals surface area (Å²) in [5.74, 6) is 3.43. The highest BCUT2D eigenvalue weighted by atomic mass is 32.3. The van der Waals surface area contributed by atoms with E-state index >= 15 is 0 Å². The molecule has 11 aromatic carbocycles. The first-order valence-corrected chi connectivity index (χ1v) is 30.8. The summed E-state index contributed by atoms with van der Waals surface area (Å²) in [6, 6.07) is 85.6. The van der Waals surface area contributed by atoms with E-state index in [0.717, 1.165) is 34.4 Å². The molecule has 18 rings (SSSR count). The zero-order valence-corrected chi connectivity index (χ0v) is 46.3. The molecule has 0 saturated carbocycles. The SMILES string of the molecule is CC1(C)c2cc(Oc3ccccc3)ccc2-c2cc3c4c(c21)Sc1ccccc1B4c1cc2c(cc1N3c1ccccc1)N(c1ccccc1)c1cc3c4c5c1B2c1ccccc1S5(C)C4(C)c1cc(Oc2ccccc2)ccc1-3. The average molecular weight is 1060 g/mol. The first kappa shape index (κ1) is 45.3. The summed E-state index contributed by atoms with van der Waals surface area (Å²) in [6.45, 7) is 7.41. The lowest BCUT2D eigenvalue weighted by Gasteiger charge is -2.65. The lowest BCUT2D eigenvalue weighted by molar-refractivity contribution is 0.480. The molecule has 0 amide bonds. The van der Waals surface area contributed by atoms with E-state index in [4.69, 9.17) is 9.47 Å². The van der Waals surface area contributed by atoms with Gasteiger partial charge < -0.3 is 19.3 Å². The predicted octanol–water partition coefficient (Wildman–Crippen LogP) is 15.1. The number of anilines is 6. The summed E-state index contributed by atoms with van der Waals surface area (Å²) in [7, 11) is -1.63. The quantitative estimate of drug-likeness (QED) is 0.155. The molecule has 7 aliphatic rings. The van der Waals surface area contributed by atoms with Gasteiger partial charge in [0.05, 0.1) is 4.75 Å². The fraction of sp³-hybridized carbons (Fsp3) is 0.0833. The lowest BCUT2D eigenvalue weighted by Crippen LogP contribution is -2.66. The monoisotopic (exact) mass is 1060 g/mol. The molecule has 8 heteroatoms. The highest BCUT2D eigenvalue weighted by Gasteiger charge is 2.66. The summed E-state index contributed by atoms with van der Waals surface area (Å²) in [5.41, 5.74) is 26.2. The number of para-hydroxylation sites is 4. The van der Waals surface area contributed by atoms with Gasteiger partial charge in [0.15, 0.2) is 0 Å². The second-order valence-electron chi connectivity index (χ2n) is 23.3. The Balaban J connectivity index is 0.905. The van der Waals surface area contributed by atoms with E-state index in [2.05, 4.69) is 207 Å². The van der Waals surface area contributed by atoms with Crippen LogP contribution in [0.5, 0.6) is 23.0 Å². The number of benzene rings is 11. The molecule has 5 aliphatic heterocycles. The number of fused-ring (bicyclic) bond motifs is 17. The minimum atomic E-state index is -1.63. The van der Waals surface area contributed by atoms with Gasteiger partial charge >= 0.3 is 0 Å². The van der Waals surface area contributed by atoms with Crippen LogP contribution in [0.2, 0.25) is 0 Å². The van der Waals surface area contributed by atoms with Crippen LogP contribution in [0, 0.1) is 0 Å². The van der Waals surface area contributed by atoms with Crippen LogP contribution in [0.15, 0.2) is 250 Å². The van der Waals surface area contributed by atoms with E-state index in [1.54, 1.807) is 4.90 Å². The molecule has 378 valence electrons. The fourth-order valence-corrected chi connectivity index (χ4v) is 21.7. The Morgan fingerprint density at radius 2 is 0.912 bits per heavy atom. The molecule has 0 aromatic heterocycles. The first-order valence-electron chi connectivity index (χ1n) is 27.9. The van der Waals surface area contributed by atoms with Crippen LogP contribution in [-0.2, 0) is 10.2 Å². The largest absolute Gasteiger partial charge is 0.457 e. The third kappa shape index (κ3) is 5.63. The van der Waals surface area contributed by atoms with Crippen molar-refractivity contribution in [3.63, 3.8) is 0 Å². The second kappa shape index (κ2) is 15.8. The van der Waals surface area contributed by atoms with Gasteiger partial charge in [0.2, 0.25) is 13.4 Å². The molecule has 2 unspecified atom stereocenters. The van der Waals surface area contributed by atoms with E-state index in [9.17, 15) is 0 Å². The number of hydrogen-bond acceptors (Lipinski definition) is 5. The van der Waals surface area contributed by atoms with E-state index in [1.807, 2.05) is 72.4 Å². The Morgan fingerprint density at radius 1 is 0.412 bits per heavy atom. The maximum atomic E-state index is 6.64. The van der Waals surface area contributed by atoms with Crippen molar-refractivity contribution in [2.24, 2.45) is 0 Å². The van der Waals surface area contributed by atoms with Crippen LogP contribution in [-0.4, -0.2) is 19.7 Å². The molecule has 0 radical (unpaired) electrons. The minimum Gasteiger partial charge on any atom is -0.457 e. The van der Waals surface area contributed by atoms with Crippen LogP contribution in [0.1, 0.15) is 43.0 Å². The minimum absolute atomic E-state index is 0.0155. The number of ether oxygens (including phenoxy) is 2. The van der Waals surface area contributed by atoms with Gasteiger partial charge in [-0.1, -0.05) is 170 Å². The van der Waals surface area contributed by atoms with Crippen LogP contribution in [0.25, 0.3) is 22.3 Å². The molecule has 11 aromatic rings. The van der Waals surface area contributed by atoms with Gasteiger partial charge in [0, 0.05) is 49.3 Å². The zero-order chi connectivity index (χ0) is 53.0. The normalized spacial score (nSPS) is 19.4. The molecular formula is C72H50B2N2O2S2. The van der Waals surface area contributed by atoms with E-state index < -0.39 is 10.0 Å². The molecule has 80 heavy (non-hydrogen) atoms. The van der Waals surface area contributed by atoms with Crippen LogP contribution in [0.4, 0.5) is 34.1 Å². The van der Waals surface area contributed by atoms with E-state index in [0.29, 0.717) is 0 Å². The lowest BCUT2D eigenvalue weighted by atomic mass is 9.31. The summed E-state index contributed by atoms with van der Waals surface area (Å²) in [5, 5.41) is 0. The average Bonchev–Trinajstić information content (AvgIpc) is 4.01. The number of rotatable bonds is 6. The first-order chi connectivity index (χ1) is 39.2. The molecular weight excluding hydrogens is 1010 g/mol. The molecule has 0 saturated heterocycles. The van der Waals surface area contributed by atoms with E-state index in [1.165, 1.54) is 115 Å². The highest BCUT2D eigenvalue weighted by Crippen LogP contribution is 2.87. The van der Waals surface area contributed by atoms with Crippen molar-refractivity contribution in [2.45, 2.75) is 50.5 Å². The molecule has 0 bridgehead atoms. The summed E-state index contributed by atoms with van der Waals surface area (Å²) >= 11 is 1.97. The van der Waals surface area contributed by atoms with Gasteiger partial charge in [0.25, 0.3) is 0 Å². The van der Waals surface area contributed by atoms with Gasteiger partial charge in [-0.2, -0.15) is 10.0 Å². The van der Waals surface area contributed by atoms with Gasteiger partial charge in [-0.25, -0.2) is 0 Å². The summed E-state index contributed by atoms with van der Waals surface area (Å²) in [6.07, 6.45) is 2.63. The van der Waals surface area contributed by atoms with Crippen molar-refractivity contribution in [3.8, 4) is 45.3 Å². The molecule has 0 spiro atoms. The Labute approximate surface area is 473 Å². The van der Waals surface area contributed by atoms with Gasteiger partial charge in [-0.3, -0.25) is 0 Å². The van der Waals surface area contributed by atoms with Crippen molar-refractivity contribution < 1.29 is 9.47 Å². The highest BCUT2D eigenvalue weighted by molar-refractivity contribution is 8.35. The van der Waals surface area contributed by atoms with Crippen LogP contribution >= 0.6 is 21.8 Å². The third-order valence-electron chi connectivity index (χ3n) is 19.1.